The van der Waals surface area contributed by atoms with Gasteiger partial charge in [0.05, 0.1) is 17.8 Å². The maximum absolute atomic E-state index is 5.79. The molecule has 1 saturated heterocycles. The molecule has 2 heterocycles. The minimum Gasteiger partial charge on any atom is -0.352 e. The van der Waals surface area contributed by atoms with E-state index in [1.165, 1.54) is 0 Å². The molecule has 0 aliphatic carbocycles. The van der Waals surface area contributed by atoms with E-state index in [1.54, 1.807) is 6.20 Å². The van der Waals surface area contributed by atoms with E-state index in [1.807, 2.05) is 6.20 Å². The Hall–Kier alpha value is -0.870. The first-order valence-electron chi connectivity index (χ1n) is 5.95. The lowest BCUT2D eigenvalue weighted by Gasteiger charge is -2.42. The van der Waals surface area contributed by atoms with E-state index in [9.17, 15) is 0 Å². The molecule has 2 rings (SSSR count). The summed E-state index contributed by atoms with van der Waals surface area (Å²) in [6, 6.07) is 1.06. The molecule has 0 aromatic carbocycles. The van der Waals surface area contributed by atoms with Gasteiger partial charge in [-0.3, -0.25) is 9.88 Å². The number of nitrogens with zero attached hydrogens (tertiary/aromatic N) is 4. The number of anilines is 1. The van der Waals surface area contributed by atoms with E-state index >= 15 is 0 Å². The van der Waals surface area contributed by atoms with E-state index < -0.39 is 0 Å². The highest BCUT2D eigenvalue weighted by Gasteiger charge is 2.27. The van der Waals surface area contributed by atoms with Crippen LogP contribution in [0.15, 0.2) is 12.4 Å². The van der Waals surface area contributed by atoms with Crippen LogP contribution < -0.4 is 4.90 Å². The minimum atomic E-state index is 0.416. The van der Waals surface area contributed by atoms with E-state index in [0.717, 1.165) is 24.6 Å². The first-order valence-corrected chi connectivity index (χ1v) is 6.49. The summed E-state index contributed by atoms with van der Waals surface area (Å²) < 4.78 is 0. The van der Waals surface area contributed by atoms with Crippen molar-refractivity contribution >= 4 is 17.4 Å². The lowest BCUT2D eigenvalue weighted by Crippen LogP contribution is -2.55. The lowest BCUT2D eigenvalue weighted by atomic mass is 10.1. The lowest BCUT2D eigenvalue weighted by molar-refractivity contribution is 0.169. The van der Waals surface area contributed by atoms with Crippen LogP contribution in [0.1, 0.15) is 19.5 Å². The van der Waals surface area contributed by atoms with Gasteiger partial charge < -0.3 is 4.90 Å². The molecule has 0 N–H and O–H groups in total. The summed E-state index contributed by atoms with van der Waals surface area (Å²) >= 11 is 5.79. The number of rotatable bonds is 2. The van der Waals surface area contributed by atoms with Crippen LogP contribution in [0.3, 0.4) is 0 Å². The first-order chi connectivity index (χ1) is 8.11. The Kier molecular flexibility index (Phi) is 3.84. The third kappa shape index (κ3) is 2.69. The van der Waals surface area contributed by atoms with Gasteiger partial charge in [0.1, 0.15) is 5.82 Å². The number of halogens is 1. The largest absolute Gasteiger partial charge is 0.352 e. The molecule has 0 amide bonds. The molecule has 1 aliphatic rings. The third-order valence-corrected chi connectivity index (χ3v) is 3.77. The van der Waals surface area contributed by atoms with E-state index in [2.05, 4.69) is 40.7 Å². The zero-order chi connectivity index (χ0) is 12.4. The highest BCUT2D eigenvalue weighted by Crippen LogP contribution is 2.19. The van der Waals surface area contributed by atoms with Gasteiger partial charge in [0.15, 0.2) is 0 Å². The Morgan fingerprint density at radius 1 is 1.29 bits per heavy atom. The number of likely N-dealkylation sites (N-methyl/N-ethyl adjacent to an activating group) is 1. The average molecular weight is 255 g/mol. The van der Waals surface area contributed by atoms with Crippen LogP contribution >= 0.6 is 11.6 Å². The number of aromatic nitrogens is 2. The summed E-state index contributed by atoms with van der Waals surface area (Å²) in [6.45, 7) is 6.45. The average Bonchev–Trinajstić information content (AvgIpc) is 2.35. The predicted molar refractivity (Wildman–Crippen MR) is 70.5 cm³/mol. The van der Waals surface area contributed by atoms with E-state index in [4.69, 9.17) is 11.6 Å². The summed E-state index contributed by atoms with van der Waals surface area (Å²) in [5.74, 6) is 1.36. The second-order valence-corrected chi connectivity index (χ2v) is 5.04. The Bertz CT molecular complexity index is 373. The molecule has 4 nitrogen and oxygen atoms in total. The second-order valence-electron chi connectivity index (χ2n) is 4.77. The van der Waals surface area contributed by atoms with Crippen molar-refractivity contribution in [2.75, 3.05) is 25.0 Å². The van der Waals surface area contributed by atoms with Crippen molar-refractivity contribution in [3.63, 3.8) is 0 Å². The molecule has 0 saturated carbocycles. The maximum atomic E-state index is 5.79. The van der Waals surface area contributed by atoms with Gasteiger partial charge in [-0.1, -0.05) is 0 Å². The van der Waals surface area contributed by atoms with E-state index in [0.29, 0.717) is 18.0 Å². The van der Waals surface area contributed by atoms with Gasteiger partial charge in [-0.2, -0.15) is 0 Å². The van der Waals surface area contributed by atoms with Crippen molar-refractivity contribution in [2.24, 2.45) is 0 Å². The molecule has 0 spiro atoms. The van der Waals surface area contributed by atoms with Gasteiger partial charge in [0.2, 0.25) is 0 Å². The molecular weight excluding hydrogens is 236 g/mol. The molecule has 94 valence electrons. The standard InChI is InChI=1S/C12H19ClN4/c1-9-7-17(8-10(2)16(9)3)12-6-14-5-11(4-13)15-12/h5-6,9-10H,4,7-8H2,1-3H3. The van der Waals surface area contributed by atoms with Gasteiger partial charge in [0.25, 0.3) is 0 Å². The van der Waals surface area contributed by atoms with Crippen LogP contribution in [0.5, 0.6) is 0 Å². The minimum absolute atomic E-state index is 0.416. The van der Waals surface area contributed by atoms with Crippen molar-refractivity contribution in [2.45, 2.75) is 31.8 Å². The molecule has 1 aliphatic heterocycles. The SMILES string of the molecule is CC1CN(c2cncc(CCl)n2)CC(C)N1C. The van der Waals surface area contributed by atoms with Crippen molar-refractivity contribution in [3.05, 3.63) is 18.1 Å². The zero-order valence-corrected chi connectivity index (χ0v) is 11.4. The fourth-order valence-electron chi connectivity index (χ4n) is 2.20. The molecule has 1 aromatic rings. The summed E-state index contributed by atoms with van der Waals surface area (Å²) in [7, 11) is 2.17. The second kappa shape index (κ2) is 5.19. The maximum Gasteiger partial charge on any atom is 0.147 e. The van der Waals surface area contributed by atoms with Crippen LogP contribution in [0.2, 0.25) is 0 Å². The summed E-state index contributed by atoms with van der Waals surface area (Å²) in [5.41, 5.74) is 0.836. The van der Waals surface area contributed by atoms with Gasteiger partial charge in [-0.25, -0.2) is 4.98 Å². The molecule has 2 unspecified atom stereocenters. The van der Waals surface area contributed by atoms with Crippen LogP contribution in [0.4, 0.5) is 5.82 Å². The smallest absolute Gasteiger partial charge is 0.147 e. The van der Waals surface area contributed by atoms with Gasteiger partial charge in [-0.15, -0.1) is 11.6 Å². The summed E-state index contributed by atoms with van der Waals surface area (Å²) in [5, 5.41) is 0. The van der Waals surface area contributed by atoms with E-state index in [-0.39, 0.29) is 0 Å². The molecule has 0 radical (unpaired) electrons. The monoisotopic (exact) mass is 254 g/mol. The Balaban J connectivity index is 2.16. The Labute approximate surface area is 108 Å². The number of hydrogen-bond acceptors (Lipinski definition) is 4. The summed E-state index contributed by atoms with van der Waals surface area (Å²) in [4.78, 5) is 13.4. The first kappa shape index (κ1) is 12.6. The van der Waals surface area contributed by atoms with Crippen LogP contribution in [0, 0.1) is 0 Å². The topological polar surface area (TPSA) is 32.3 Å². The Morgan fingerprint density at radius 3 is 2.53 bits per heavy atom. The van der Waals surface area contributed by atoms with Crippen molar-refractivity contribution in [3.8, 4) is 0 Å². The highest BCUT2D eigenvalue weighted by molar-refractivity contribution is 6.16. The van der Waals surface area contributed by atoms with Crippen molar-refractivity contribution in [1.82, 2.24) is 14.9 Å². The highest BCUT2D eigenvalue weighted by atomic mass is 35.5. The molecule has 17 heavy (non-hydrogen) atoms. The van der Waals surface area contributed by atoms with Crippen molar-refractivity contribution < 1.29 is 0 Å². The van der Waals surface area contributed by atoms with Crippen LogP contribution in [-0.2, 0) is 5.88 Å². The van der Waals surface area contributed by atoms with Gasteiger partial charge >= 0.3 is 0 Å². The fraction of sp³-hybridized carbons (Fsp3) is 0.667. The third-order valence-electron chi connectivity index (χ3n) is 3.49. The predicted octanol–water partition coefficient (Wildman–Crippen LogP) is 1.74. The number of hydrogen-bond donors (Lipinski definition) is 0. The molecule has 2 atom stereocenters. The molecule has 1 fully saturated rings. The van der Waals surface area contributed by atoms with Crippen LogP contribution in [-0.4, -0.2) is 47.1 Å². The van der Waals surface area contributed by atoms with Crippen molar-refractivity contribution in [1.29, 1.82) is 0 Å². The molecule has 1 aromatic heterocycles. The number of piperazine rings is 1. The zero-order valence-electron chi connectivity index (χ0n) is 10.6. The summed E-state index contributed by atoms with van der Waals surface area (Å²) in [6.07, 6.45) is 3.54. The van der Waals surface area contributed by atoms with Gasteiger partial charge in [0, 0.05) is 31.4 Å². The fourth-order valence-corrected chi connectivity index (χ4v) is 2.33. The molecule has 0 bridgehead atoms. The Morgan fingerprint density at radius 2 is 1.94 bits per heavy atom. The normalized spacial score (nSPS) is 26.2. The number of alkyl halides is 1. The molecular formula is C12H19ClN4. The van der Waals surface area contributed by atoms with Crippen LogP contribution in [0.25, 0.3) is 0 Å². The quantitative estimate of drug-likeness (QED) is 0.753. The van der Waals surface area contributed by atoms with Gasteiger partial charge in [-0.05, 0) is 20.9 Å². The molecule has 5 heteroatoms.